The van der Waals surface area contributed by atoms with Gasteiger partial charge < -0.3 is 10.1 Å². The van der Waals surface area contributed by atoms with Crippen LogP contribution in [0, 0.1) is 0 Å². The van der Waals surface area contributed by atoms with Gasteiger partial charge in [-0.15, -0.1) is 0 Å². The third kappa shape index (κ3) is 4.67. The van der Waals surface area contributed by atoms with Crippen molar-refractivity contribution in [2.24, 2.45) is 0 Å². The molecule has 0 saturated heterocycles. The predicted octanol–water partition coefficient (Wildman–Crippen LogP) is 2.29. The van der Waals surface area contributed by atoms with Gasteiger partial charge >= 0.3 is 0 Å². The molecule has 0 aromatic carbocycles. The van der Waals surface area contributed by atoms with Crippen molar-refractivity contribution in [2.45, 2.75) is 43.9 Å². The summed E-state index contributed by atoms with van der Waals surface area (Å²) in [6.07, 6.45) is 5.73. The van der Waals surface area contributed by atoms with Gasteiger partial charge in [-0.25, -0.2) is 0 Å². The summed E-state index contributed by atoms with van der Waals surface area (Å²) in [5.41, 5.74) is 0. The van der Waals surface area contributed by atoms with Gasteiger partial charge in [-0.1, -0.05) is 12.8 Å². The smallest absolute Gasteiger partial charge is 0.0627 e. The maximum absolute atomic E-state index is 5.43. The van der Waals surface area contributed by atoms with Gasteiger partial charge in [-0.2, -0.15) is 11.8 Å². The van der Waals surface area contributed by atoms with E-state index in [-0.39, 0.29) is 0 Å². The van der Waals surface area contributed by atoms with Gasteiger partial charge in [0, 0.05) is 23.7 Å². The summed E-state index contributed by atoms with van der Waals surface area (Å²) < 4.78 is 5.43. The number of thioether (sulfide) groups is 1. The molecule has 1 aliphatic carbocycles. The van der Waals surface area contributed by atoms with Gasteiger partial charge in [-0.3, -0.25) is 0 Å². The van der Waals surface area contributed by atoms with Crippen LogP contribution in [0.4, 0.5) is 0 Å². The zero-order valence-corrected chi connectivity index (χ0v) is 10.2. The van der Waals surface area contributed by atoms with Crippen molar-refractivity contribution < 1.29 is 4.74 Å². The SMILES string of the molecule is CCOCC(CSC1CCCC1)NC. The van der Waals surface area contributed by atoms with Crippen molar-refractivity contribution in [3.8, 4) is 0 Å². The van der Waals surface area contributed by atoms with Crippen LogP contribution in [-0.2, 0) is 4.74 Å². The van der Waals surface area contributed by atoms with E-state index in [9.17, 15) is 0 Å². The topological polar surface area (TPSA) is 21.3 Å². The molecule has 0 bridgehead atoms. The Kier molecular flexibility index (Phi) is 6.65. The Morgan fingerprint density at radius 1 is 1.43 bits per heavy atom. The molecule has 1 atom stereocenters. The highest BCUT2D eigenvalue weighted by molar-refractivity contribution is 7.99. The van der Waals surface area contributed by atoms with Crippen molar-refractivity contribution in [1.82, 2.24) is 5.32 Å². The number of nitrogens with one attached hydrogen (secondary N) is 1. The molecule has 0 amide bonds. The number of hydrogen-bond acceptors (Lipinski definition) is 3. The first-order valence-electron chi connectivity index (χ1n) is 5.73. The molecule has 84 valence electrons. The van der Waals surface area contributed by atoms with Crippen LogP contribution in [0.1, 0.15) is 32.6 Å². The van der Waals surface area contributed by atoms with Crippen molar-refractivity contribution in [3.05, 3.63) is 0 Å². The van der Waals surface area contributed by atoms with E-state index >= 15 is 0 Å². The van der Waals surface area contributed by atoms with Crippen molar-refractivity contribution in [2.75, 3.05) is 26.0 Å². The Labute approximate surface area is 92.2 Å². The molecule has 0 heterocycles. The largest absolute Gasteiger partial charge is 0.380 e. The van der Waals surface area contributed by atoms with Gasteiger partial charge in [0.05, 0.1) is 6.61 Å². The third-order valence-corrected chi connectivity index (χ3v) is 4.30. The Morgan fingerprint density at radius 3 is 2.71 bits per heavy atom. The van der Waals surface area contributed by atoms with Crippen LogP contribution in [-0.4, -0.2) is 37.3 Å². The molecule has 0 aromatic heterocycles. The summed E-state index contributed by atoms with van der Waals surface area (Å²) in [6, 6.07) is 0.528. The first-order chi connectivity index (χ1) is 6.86. The molecule has 1 N–H and O–H groups in total. The second kappa shape index (κ2) is 7.55. The van der Waals surface area contributed by atoms with Gasteiger partial charge in [0.25, 0.3) is 0 Å². The molecule has 14 heavy (non-hydrogen) atoms. The fourth-order valence-electron chi connectivity index (χ4n) is 1.78. The van der Waals surface area contributed by atoms with Crippen molar-refractivity contribution in [3.63, 3.8) is 0 Å². The highest BCUT2D eigenvalue weighted by atomic mass is 32.2. The molecule has 1 aliphatic rings. The molecule has 1 unspecified atom stereocenters. The normalized spacial score (nSPS) is 20.1. The van der Waals surface area contributed by atoms with E-state index in [0.29, 0.717) is 6.04 Å². The molecule has 2 nitrogen and oxygen atoms in total. The summed E-state index contributed by atoms with van der Waals surface area (Å²) in [5.74, 6) is 1.20. The molecular weight excluding hydrogens is 194 g/mol. The summed E-state index contributed by atoms with van der Waals surface area (Å²) >= 11 is 2.12. The average molecular weight is 217 g/mol. The average Bonchev–Trinajstić information content (AvgIpc) is 2.71. The minimum Gasteiger partial charge on any atom is -0.380 e. The van der Waals surface area contributed by atoms with E-state index in [0.717, 1.165) is 18.5 Å². The van der Waals surface area contributed by atoms with E-state index in [4.69, 9.17) is 4.74 Å². The Hall–Kier alpha value is 0.270. The second-order valence-electron chi connectivity index (χ2n) is 3.88. The zero-order chi connectivity index (χ0) is 10.2. The predicted molar refractivity (Wildman–Crippen MR) is 64.1 cm³/mol. The number of ether oxygens (including phenoxy) is 1. The van der Waals surface area contributed by atoms with E-state index in [2.05, 4.69) is 24.0 Å². The lowest BCUT2D eigenvalue weighted by atomic mass is 10.4. The van der Waals surface area contributed by atoms with Crippen LogP contribution < -0.4 is 5.32 Å². The van der Waals surface area contributed by atoms with Crippen LogP contribution in [0.5, 0.6) is 0 Å². The summed E-state index contributed by atoms with van der Waals surface area (Å²) in [7, 11) is 2.03. The molecule has 0 spiro atoms. The number of likely N-dealkylation sites (N-methyl/N-ethyl adjacent to an activating group) is 1. The van der Waals surface area contributed by atoms with Gasteiger partial charge in [0.15, 0.2) is 0 Å². The van der Waals surface area contributed by atoms with Crippen LogP contribution in [0.3, 0.4) is 0 Å². The monoisotopic (exact) mass is 217 g/mol. The summed E-state index contributed by atoms with van der Waals surface area (Å²) in [4.78, 5) is 0. The minimum absolute atomic E-state index is 0.528. The van der Waals surface area contributed by atoms with Crippen molar-refractivity contribution >= 4 is 11.8 Å². The molecular formula is C11H23NOS. The summed E-state index contributed by atoms with van der Waals surface area (Å²) in [6.45, 7) is 3.73. The van der Waals surface area contributed by atoms with Gasteiger partial charge in [0.2, 0.25) is 0 Å². The maximum atomic E-state index is 5.43. The molecule has 3 heteroatoms. The number of hydrogen-bond donors (Lipinski definition) is 1. The van der Waals surface area contributed by atoms with Gasteiger partial charge in [0.1, 0.15) is 0 Å². The van der Waals surface area contributed by atoms with Crippen LogP contribution in [0.2, 0.25) is 0 Å². The lowest BCUT2D eigenvalue weighted by Gasteiger charge is -2.17. The first kappa shape index (κ1) is 12.3. The molecule has 1 fully saturated rings. The molecule has 0 radical (unpaired) electrons. The van der Waals surface area contributed by atoms with Crippen molar-refractivity contribution in [1.29, 1.82) is 0 Å². The van der Waals surface area contributed by atoms with Crippen LogP contribution in [0.25, 0.3) is 0 Å². The number of rotatable bonds is 7. The molecule has 0 aliphatic heterocycles. The second-order valence-corrected chi connectivity index (χ2v) is 5.22. The van der Waals surface area contributed by atoms with E-state index in [1.54, 1.807) is 0 Å². The van der Waals surface area contributed by atoms with Gasteiger partial charge in [-0.05, 0) is 26.8 Å². The lowest BCUT2D eigenvalue weighted by molar-refractivity contribution is 0.131. The third-order valence-electron chi connectivity index (χ3n) is 2.77. The van der Waals surface area contributed by atoms with Crippen LogP contribution in [0.15, 0.2) is 0 Å². The van der Waals surface area contributed by atoms with E-state index in [1.807, 2.05) is 7.05 Å². The highest BCUT2D eigenvalue weighted by Crippen LogP contribution is 2.29. The molecule has 0 aromatic rings. The minimum atomic E-state index is 0.528. The Morgan fingerprint density at radius 2 is 2.14 bits per heavy atom. The fourth-order valence-corrected chi connectivity index (χ4v) is 3.22. The highest BCUT2D eigenvalue weighted by Gasteiger charge is 2.17. The zero-order valence-electron chi connectivity index (χ0n) is 9.42. The van der Waals surface area contributed by atoms with E-state index < -0.39 is 0 Å². The Bertz CT molecular complexity index is 137. The quantitative estimate of drug-likeness (QED) is 0.707. The van der Waals surface area contributed by atoms with E-state index in [1.165, 1.54) is 31.4 Å². The fraction of sp³-hybridized carbons (Fsp3) is 1.00. The van der Waals surface area contributed by atoms with Crippen LogP contribution >= 0.6 is 11.8 Å². The maximum Gasteiger partial charge on any atom is 0.0627 e. The standard InChI is InChI=1S/C11H23NOS/c1-3-13-8-10(12-2)9-14-11-6-4-5-7-11/h10-12H,3-9H2,1-2H3. The molecule has 1 saturated carbocycles. The summed E-state index contributed by atoms with van der Waals surface area (Å²) in [5, 5.41) is 4.24. The molecule has 1 rings (SSSR count). The Balaban J connectivity index is 2.06. The lowest BCUT2D eigenvalue weighted by Crippen LogP contribution is -2.33. The first-order valence-corrected chi connectivity index (χ1v) is 6.78.